The fourth-order valence-corrected chi connectivity index (χ4v) is 0.980. The molecule has 0 aromatic carbocycles. The highest BCUT2D eigenvalue weighted by Gasteiger charge is 2.21. The van der Waals surface area contributed by atoms with E-state index in [0.717, 1.165) is 19.1 Å². The molecule has 43 valence electrons. The summed E-state index contributed by atoms with van der Waals surface area (Å²) in [4.78, 5) is 10.2. The largest absolute Gasteiger partial charge is 0.481 e. The summed E-state index contributed by atoms with van der Waals surface area (Å²) in [5.41, 5.74) is 0. The van der Waals surface area contributed by atoms with Crippen molar-refractivity contribution in [1.82, 2.24) is 0 Å². The maximum Gasteiger partial charge on any atom is 0.305 e. The predicted octanol–water partition coefficient (Wildman–Crippen LogP) is 0.632. The molecule has 1 unspecified atom stereocenters. The van der Waals surface area contributed by atoms with Gasteiger partial charge in [-0.15, -0.1) is 0 Å². The van der Waals surface area contributed by atoms with Crippen LogP contribution in [0.25, 0.3) is 0 Å². The molecule has 0 aliphatic carbocycles. The van der Waals surface area contributed by atoms with Crippen LogP contribution >= 0.6 is 0 Å². The van der Waals surface area contributed by atoms with E-state index in [-0.39, 0.29) is 5.92 Å². The van der Waals surface area contributed by atoms with Crippen molar-refractivity contribution in [2.24, 2.45) is 5.92 Å². The van der Waals surface area contributed by atoms with Crippen molar-refractivity contribution in [1.29, 1.82) is 0 Å². The minimum absolute atomic E-state index is 0.0741. The molecule has 3 heteroatoms. The van der Waals surface area contributed by atoms with E-state index in [9.17, 15) is 4.79 Å². The van der Waals surface area contributed by atoms with Gasteiger partial charge in [0.2, 0.25) is 0 Å². The SMILES string of the molecule is O=C(O)C1C[B]CC1. The van der Waals surface area contributed by atoms with Crippen LogP contribution in [-0.2, 0) is 4.79 Å². The van der Waals surface area contributed by atoms with Crippen LogP contribution < -0.4 is 0 Å². The van der Waals surface area contributed by atoms with Crippen LogP contribution in [0, 0.1) is 5.92 Å². The second-order valence-corrected chi connectivity index (χ2v) is 2.14. The third-order valence-corrected chi connectivity index (χ3v) is 1.52. The van der Waals surface area contributed by atoms with Crippen molar-refractivity contribution in [3.8, 4) is 0 Å². The van der Waals surface area contributed by atoms with Crippen LogP contribution in [0.1, 0.15) is 6.42 Å². The van der Waals surface area contributed by atoms with Gasteiger partial charge in [0, 0.05) is 5.92 Å². The monoisotopic (exact) mass is 111 g/mol. The van der Waals surface area contributed by atoms with E-state index in [1.165, 1.54) is 0 Å². The van der Waals surface area contributed by atoms with Crippen LogP contribution in [0.5, 0.6) is 0 Å². The number of carboxylic acids is 1. The van der Waals surface area contributed by atoms with Gasteiger partial charge in [-0.05, 0) is 6.42 Å². The van der Waals surface area contributed by atoms with E-state index in [1.807, 2.05) is 7.28 Å². The Kier molecular flexibility index (Phi) is 1.56. The smallest absolute Gasteiger partial charge is 0.305 e. The molecule has 8 heavy (non-hydrogen) atoms. The van der Waals surface area contributed by atoms with Gasteiger partial charge >= 0.3 is 5.97 Å². The second-order valence-electron chi connectivity index (χ2n) is 2.14. The topological polar surface area (TPSA) is 37.3 Å². The molecule has 1 saturated heterocycles. The Labute approximate surface area is 49.1 Å². The van der Waals surface area contributed by atoms with E-state index in [4.69, 9.17) is 5.11 Å². The summed E-state index contributed by atoms with van der Waals surface area (Å²) >= 11 is 0. The van der Waals surface area contributed by atoms with E-state index >= 15 is 0 Å². The molecule has 0 aromatic heterocycles. The van der Waals surface area contributed by atoms with Crippen LogP contribution in [0.4, 0.5) is 0 Å². The summed E-state index contributed by atoms with van der Waals surface area (Å²) < 4.78 is 0. The van der Waals surface area contributed by atoms with E-state index in [1.54, 1.807) is 0 Å². The number of rotatable bonds is 1. The first-order valence-corrected chi connectivity index (χ1v) is 2.85. The highest BCUT2D eigenvalue weighted by Crippen LogP contribution is 2.20. The molecule has 1 radical (unpaired) electrons. The zero-order valence-corrected chi connectivity index (χ0v) is 4.63. The molecule has 0 amide bonds. The molecule has 2 nitrogen and oxygen atoms in total. The van der Waals surface area contributed by atoms with E-state index in [2.05, 4.69) is 0 Å². The Hall–Kier alpha value is -0.465. The van der Waals surface area contributed by atoms with Gasteiger partial charge in [-0.3, -0.25) is 4.79 Å². The molecule has 1 rings (SSSR count). The normalized spacial score (nSPS) is 27.2. The lowest BCUT2D eigenvalue weighted by Crippen LogP contribution is -2.07. The fourth-order valence-electron chi connectivity index (χ4n) is 0.980. The van der Waals surface area contributed by atoms with Crippen molar-refractivity contribution in [2.75, 3.05) is 0 Å². The Morgan fingerprint density at radius 1 is 1.75 bits per heavy atom. The van der Waals surface area contributed by atoms with Crippen LogP contribution in [-0.4, -0.2) is 18.4 Å². The molecule has 1 heterocycles. The van der Waals surface area contributed by atoms with Crippen molar-refractivity contribution in [3.63, 3.8) is 0 Å². The van der Waals surface area contributed by atoms with Gasteiger partial charge in [0.1, 0.15) is 7.28 Å². The lowest BCUT2D eigenvalue weighted by atomic mass is 9.76. The molecular weight excluding hydrogens is 103 g/mol. The third kappa shape index (κ3) is 1.03. The summed E-state index contributed by atoms with van der Waals surface area (Å²) in [6.45, 7) is 0. The lowest BCUT2D eigenvalue weighted by Gasteiger charge is -1.97. The predicted molar refractivity (Wildman–Crippen MR) is 31.1 cm³/mol. The molecular formula is C5H8BO2. The van der Waals surface area contributed by atoms with Gasteiger partial charge in [-0.25, -0.2) is 0 Å². The van der Waals surface area contributed by atoms with Gasteiger partial charge in [0.25, 0.3) is 0 Å². The first-order chi connectivity index (χ1) is 3.80. The molecule has 0 saturated carbocycles. The van der Waals surface area contributed by atoms with Crippen LogP contribution in [0.2, 0.25) is 12.6 Å². The Balaban J connectivity index is 2.35. The Morgan fingerprint density at radius 3 is 2.75 bits per heavy atom. The van der Waals surface area contributed by atoms with Gasteiger partial charge in [0.05, 0.1) is 0 Å². The average Bonchev–Trinajstić information content (AvgIpc) is 2.12. The van der Waals surface area contributed by atoms with Crippen molar-refractivity contribution >= 4 is 13.2 Å². The molecule has 1 N–H and O–H groups in total. The number of hydrogen-bond acceptors (Lipinski definition) is 1. The zero-order valence-electron chi connectivity index (χ0n) is 4.63. The van der Waals surface area contributed by atoms with E-state index in [0.29, 0.717) is 0 Å². The summed E-state index contributed by atoms with van der Waals surface area (Å²) in [5, 5.41) is 8.39. The van der Waals surface area contributed by atoms with Crippen LogP contribution in [0.3, 0.4) is 0 Å². The standard InChI is InChI=1S/C5H8BO2/c7-5(8)4-1-2-6-3-4/h4H,1-3H2,(H,7,8). The Bertz CT molecular complexity index is 96.6. The van der Waals surface area contributed by atoms with Gasteiger partial charge in [0.15, 0.2) is 0 Å². The number of carbonyl (C=O) groups is 1. The van der Waals surface area contributed by atoms with Crippen molar-refractivity contribution in [3.05, 3.63) is 0 Å². The maximum atomic E-state index is 10.2. The van der Waals surface area contributed by atoms with Gasteiger partial charge in [-0.1, -0.05) is 12.6 Å². The van der Waals surface area contributed by atoms with Gasteiger partial charge in [-0.2, -0.15) is 0 Å². The molecule has 1 aliphatic heterocycles. The number of carboxylic acid groups (broad SMARTS) is 1. The molecule has 0 aromatic rings. The molecule has 1 fully saturated rings. The van der Waals surface area contributed by atoms with E-state index < -0.39 is 5.97 Å². The van der Waals surface area contributed by atoms with Crippen molar-refractivity contribution < 1.29 is 9.90 Å². The third-order valence-electron chi connectivity index (χ3n) is 1.52. The zero-order chi connectivity index (χ0) is 5.98. The summed E-state index contributed by atoms with van der Waals surface area (Å²) in [6.07, 6.45) is 2.60. The molecule has 1 atom stereocenters. The lowest BCUT2D eigenvalue weighted by molar-refractivity contribution is -0.140. The first-order valence-electron chi connectivity index (χ1n) is 2.85. The molecule has 0 bridgehead atoms. The van der Waals surface area contributed by atoms with Crippen molar-refractivity contribution in [2.45, 2.75) is 19.1 Å². The molecule has 0 spiro atoms. The molecule has 1 aliphatic rings. The summed E-state index contributed by atoms with van der Waals surface area (Å²) in [5.74, 6) is -0.714. The Morgan fingerprint density at radius 2 is 2.50 bits per heavy atom. The van der Waals surface area contributed by atoms with Gasteiger partial charge < -0.3 is 5.11 Å². The summed E-state index contributed by atoms with van der Waals surface area (Å²) in [7, 11) is 2.04. The number of hydrogen-bond donors (Lipinski definition) is 1. The quantitative estimate of drug-likeness (QED) is 0.504. The van der Waals surface area contributed by atoms with Crippen LogP contribution in [0.15, 0.2) is 0 Å². The second kappa shape index (κ2) is 2.20. The highest BCUT2D eigenvalue weighted by molar-refractivity contribution is 6.37. The first kappa shape index (κ1) is 5.67. The maximum absolute atomic E-state index is 10.2. The average molecular weight is 111 g/mol. The minimum atomic E-state index is -0.640. The number of aliphatic carboxylic acids is 1. The minimum Gasteiger partial charge on any atom is -0.481 e. The highest BCUT2D eigenvalue weighted by atomic mass is 16.4. The fraction of sp³-hybridized carbons (Fsp3) is 0.800. The summed E-state index contributed by atoms with van der Waals surface area (Å²) in [6, 6.07) is 0.